The SMILES string of the molecule is CC(C)(O)[C@H]1CC[C@H](NC(=O)c2ccc(-c3nccc4[nH]ncc34)cc2)CC1. The number of aliphatic hydroxyl groups is 1. The van der Waals surface area contributed by atoms with Gasteiger partial charge < -0.3 is 10.4 Å². The standard InChI is InChI=1S/C22H26N4O2/c1-22(2,28)16-7-9-17(10-8-16)25-21(27)15-5-3-14(4-6-15)20-18-13-24-26-19(18)11-12-23-20/h3-6,11-13,16-17,28H,7-10H2,1-2H3,(H,24,26)(H,25,27)/t16-,17-. The first-order valence-electron chi connectivity index (χ1n) is 9.83. The second-order valence-electron chi connectivity index (χ2n) is 8.24. The summed E-state index contributed by atoms with van der Waals surface area (Å²) in [5, 5.41) is 21.3. The van der Waals surface area contributed by atoms with Crippen molar-refractivity contribution in [3.05, 3.63) is 48.3 Å². The Morgan fingerprint density at radius 3 is 2.54 bits per heavy atom. The number of hydrogen-bond acceptors (Lipinski definition) is 4. The molecule has 1 amide bonds. The molecule has 1 aliphatic rings. The maximum absolute atomic E-state index is 12.6. The van der Waals surface area contributed by atoms with Gasteiger partial charge in [-0.1, -0.05) is 12.1 Å². The van der Waals surface area contributed by atoms with Crippen LogP contribution in [0.4, 0.5) is 0 Å². The quantitative estimate of drug-likeness (QED) is 0.646. The minimum atomic E-state index is -0.642. The third-order valence-electron chi connectivity index (χ3n) is 5.85. The summed E-state index contributed by atoms with van der Waals surface area (Å²) in [7, 11) is 0. The fourth-order valence-electron chi connectivity index (χ4n) is 4.09. The predicted octanol–water partition coefficient (Wildman–Crippen LogP) is 3.68. The van der Waals surface area contributed by atoms with Crippen LogP contribution in [0.15, 0.2) is 42.7 Å². The van der Waals surface area contributed by atoms with E-state index in [2.05, 4.69) is 20.5 Å². The van der Waals surface area contributed by atoms with Crippen LogP contribution in [0.3, 0.4) is 0 Å². The second-order valence-corrected chi connectivity index (χ2v) is 8.24. The molecule has 1 saturated carbocycles. The number of aromatic amines is 1. The number of hydrogen-bond donors (Lipinski definition) is 3. The van der Waals surface area contributed by atoms with Gasteiger partial charge in [0.05, 0.1) is 23.0 Å². The minimum absolute atomic E-state index is 0.0484. The Bertz CT molecular complexity index is 964. The van der Waals surface area contributed by atoms with Gasteiger partial charge in [-0.15, -0.1) is 0 Å². The second kappa shape index (κ2) is 7.36. The number of pyridine rings is 1. The van der Waals surface area contributed by atoms with E-state index in [-0.39, 0.29) is 11.9 Å². The van der Waals surface area contributed by atoms with Gasteiger partial charge in [0, 0.05) is 28.8 Å². The van der Waals surface area contributed by atoms with E-state index in [1.54, 1.807) is 12.4 Å². The largest absolute Gasteiger partial charge is 0.390 e. The van der Waals surface area contributed by atoms with Crippen LogP contribution in [-0.2, 0) is 0 Å². The number of fused-ring (bicyclic) bond motifs is 1. The van der Waals surface area contributed by atoms with Crippen LogP contribution in [-0.4, -0.2) is 37.8 Å². The maximum atomic E-state index is 12.6. The number of carbonyl (C=O) groups excluding carboxylic acids is 1. The molecule has 2 aromatic heterocycles. The van der Waals surface area contributed by atoms with Gasteiger partial charge in [0.1, 0.15) is 0 Å². The third kappa shape index (κ3) is 3.78. The zero-order valence-corrected chi connectivity index (χ0v) is 16.3. The molecule has 146 valence electrons. The summed E-state index contributed by atoms with van der Waals surface area (Å²) in [6.07, 6.45) is 7.21. The molecule has 0 radical (unpaired) electrons. The monoisotopic (exact) mass is 378 g/mol. The average Bonchev–Trinajstić information content (AvgIpc) is 3.17. The number of amides is 1. The van der Waals surface area contributed by atoms with Gasteiger partial charge in [-0.05, 0) is 63.6 Å². The van der Waals surface area contributed by atoms with E-state index in [0.717, 1.165) is 47.8 Å². The summed E-state index contributed by atoms with van der Waals surface area (Å²) < 4.78 is 0. The molecule has 0 saturated heterocycles. The van der Waals surface area contributed by atoms with Gasteiger partial charge in [0.2, 0.25) is 0 Å². The summed E-state index contributed by atoms with van der Waals surface area (Å²) >= 11 is 0. The molecule has 4 rings (SSSR count). The van der Waals surface area contributed by atoms with Crippen molar-refractivity contribution in [1.82, 2.24) is 20.5 Å². The van der Waals surface area contributed by atoms with E-state index in [1.165, 1.54) is 0 Å². The van der Waals surface area contributed by atoms with Crippen LogP contribution in [0.1, 0.15) is 49.9 Å². The molecule has 0 aliphatic heterocycles. The Labute approximate surface area is 164 Å². The molecule has 6 heteroatoms. The number of rotatable bonds is 4. The molecule has 3 aromatic rings. The Morgan fingerprint density at radius 2 is 1.86 bits per heavy atom. The molecule has 0 bridgehead atoms. The summed E-state index contributed by atoms with van der Waals surface area (Å²) in [4.78, 5) is 17.1. The summed E-state index contributed by atoms with van der Waals surface area (Å²) in [6, 6.07) is 9.60. The lowest BCUT2D eigenvalue weighted by Crippen LogP contribution is -2.41. The van der Waals surface area contributed by atoms with Crippen molar-refractivity contribution < 1.29 is 9.90 Å². The zero-order chi connectivity index (χ0) is 19.7. The molecule has 3 N–H and O–H groups in total. The van der Waals surface area contributed by atoms with E-state index in [4.69, 9.17) is 0 Å². The minimum Gasteiger partial charge on any atom is -0.390 e. The van der Waals surface area contributed by atoms with Crippen molar-refractivity contribution in [2.75, 3.05) is 0 Å². The molecular formula is C22H26N4O2. The number of carbonyl (C=O) groups is 1. The van der Waals surface area contributed by atoms with Crippen LogP contribution in [0.2, 0.25) is 0 Å². The normalized spacial score (nSPS) is 20.2. The highest BCUT2D eigenvalue weighted by Gasteiger charge is 2.31. The van der Waals surface area contributed by atoms with E-state index < -0.39 is 5.60 Å². The van der Waals surface area contributed by atoms with E-state index in [9.17, 15) is 9.90 Å². The first-order chi connectivity index (χ1) is 13.4. The number of H-pyrrole nitrogens is 1. The lowest BCUT2D eigenvalue weighted by Gasteiger charge is -2.36. The van der Waals surface area contributed by atoms with E-state index in [0.29, 0.717) is 11.5 Å². The lowest BCUT2D eigenvalue weighted by molar-refractivity contribution is -0.00257. The Balaban J connectivity index is 1.42. The van der Waals surface area contributed by atoms with Crippen molar-refractivity contribution >= 4 is 16.8 Å². The number of nitrogens with one attached hydrogen (secondary N) is 2. The maximum Gasteiger partial charge on any atom is 0.251 e. The highest BCUT2D eigenvalue weighted by atomic mass is 16.3. The third-order valence-corrected chi connectivity index (χ3v) is 5.85. The zero-order valence-electron chi connectivity index (χ0n) is 16.3. The van der Waals surface area contributed by atoms with E-state index in [1.807, 2.05) is 44.2 Å². The first-order valence-corrected chi connectivity index (χ1v) is 9.83. The Hall–Kier alpha value is -2.73. The van der Waals surface area contributed by atoms with Crippen molar-refractivity contribution in [1.29, 1.82) is 0 Å². The number of aromatic nitrogens is 3. The highest BCUT2D eigenvalue weighted by Crippen LogP contribution is 2.32. The van der Waals surface area contributed by atoms with Crippen molar-refractivity contribution in [2.45, 2.75) is 51.2 Å². The fraction of sp³-hybridized carbons (Fsp3) is 0.409. The molecule has 1 fully saturated rings. The van der Waals surface area contributed by atoms with Gasteiger partial charge >= 0.3 is 0 Å². The van der Waals surface area contributed by atoms with Gasteiger partial charge in [-0.25, -0.2) is 0 Å². The van der Waals surface area contributed by atoms with Crippen molar-refractivity contribution in [3.8, 4) is 11.3 Å². The molecule has 1 aliphatic carbocycles. The average molecular weight is 378 g/mol. The molecule has 0 spiro atoms. The summed E-state index contributed by atoms with van der Waals surface area (Å²) in [5.74, 6) is 0.255. The van der Waals surface area contributed by atoms with Gasteiger partial charge in [-0.2, -0.15) is 5.10 Å². The van der Waals surface area contributed by atoms with Crippen LogP contribution < -0.4 is 5.32 Å². The smallest absolute Gasteiger partial charge is 0.251 e. The van der Waals surface area contributed by atoms with Gasteiger partial charge in [0.15, 0.2) is 0 Å². The lowest BCUT2D eigenvalue weighted by atomic mass is 9.77. The first kappa shape index (κ1) is 18.6. The number of nitrogens with zero attached hydrogens (tertiary/aromatic N) is 2. The molecule has 6 nitrogen and oxygen atoms in total. The van der Waals surface area contributed by atoms with Gasteiger partial charge in [0.25, 0.3) is 5.91 Å². The molecule has 2 heterocycles. The highest BCUT2D eigenvalue weighted by molar-refractivity contribution is 5.96. The Kier molecular flexibility index (Phi) is 4.89. The van der Waals surface area contributed by atoms with Gasteiger partial charge in [-0.3, -0.25) is 14.9 Å². The number of benzene rings is 1. The van der Waals surface area contributed by atoms with Crippen LogP contribution in [0.5, 0.6) is 0 Å². The molecule has 0 atom stereocenters. The van der Waals surface area contributed by atoms with E-state index >= 15 is 0 Å². The van der Waals surface area contributed by atoms with Crippen LogP contribution in [0.25, 0.3) is 22.2 Å². The molecule has 0 unspecified atom stereocenters. The predicted molar refractivity (Wildman–Crippen MR) is 109 cm³/mol. The summed E-state index contributed by atoms with van der Waals surface area (Å²) in [5.41, 5.74) is 2.75. The van der Waals surface area contributed by atoms with Crippen molar-refractivity contribution in [2.24, 2.45) is 5.92 Å². The van der Waals surface area contributed by atoms with Crippen LogP contribution >= 0.6 is 0 Å². The molecule has 28 heavy (non-hydrogen) atoms. The van der Waals surface area contributed by atoms with Crippen molar-refractivity contribution in [3.63, 3.8) is 0 Å². The van der Waals surface area contributed by atoms with Crippen LogP contribution in [0, 0.1) is 5.92 Å². The Morgan fingerprint density at radius 1 is 1.14 bits per heavy atom. The molecular weight excluding hydrogens is 352 g/mol. The topological polar surface area (TPSA) is 90.9 Å². The molecule has 1 aromatic carbocycles. The summed E-state index contributed by atoms with van der Waals surface area (Å²) in [6.45, 7) is 3.74. The fourth-order valence-corrected chi connectivity index (χ4v) is 4.09.